The van der Waals surface area contributed by atoms with Gasteiger partial charge in [-0.3, -0.25) is 9.59 Å². The SMILES string of the molecule is COc1cc(C(=O)N2Cc3c(C(=O)NCCC4CCCN4C)ccn3Cc3ccccc32)ccc1-n1c(C)ccc1C. The van der Waals surface area contributed by atoms with E-state index in [1.165, 1.54) is 12.8 Å². The normalized spacial score (nSPS) is 16.6. The molecule has 2 aromatic heterocycles. The van der Waals surface area contributed by atoms with Crippen LogP contribution in [0.3, 0.4) is 0 Å². The fourth-order valence-electron chi connectivity index (χ4n) is 6.53. The Bertz CT molecular complexity index is 1610. The van der Waals surface area contributed by atoms with Gasteiger partial charge >= 0.3 is 0 Å². The molecule has 0 radical (unpaired) electrons. The highest BCUT2D eigenvalue weighted by atomic mass is 16.5. The summed E-state index contributed by atoms with van der Waals surface area (Å²) in [7, 11) is 3.78. The third-order valence-corrected chi connectivity index (χ3v) is 8.87. The van der Waals surface area contributed by atoms with Crippen LogP contribution in [0.4, 0.5) is 5.69 Å². The number of methoxy groups -OCH3 is 1. The lowest BCUT2D eigenvalue weighted by molar-refractivity contribution is 0.0944. The van der Waals surface area contributed by atoms with Gasteiger partial charge in [-0.05, 0) is 94.7 Å². The van der Waals surface area contributed by atoms with Crippen LogP contribution < -0.4 is 15.0 Å². The molecule has 1 unspecified atom stereocenters. The Kier molecular flexibility index (Phi) is 7.64. The highest BCUT2D eigenvalue weighted by Gasteiger charge is 2.29. The zero-order chi connectivity index (χ0) is 29.4. The number of nitrogens with one attached hydrogen (secondary N) is 1. The summed E-state index contributed by atoms with van der Waals surface area (Å²) in [5.74, 6) is 0.396. The van der Waals surface area contributed by atoms with Gasteiger partial charge in [-0.25, -0.2) is 0 Å². The fraction of sp³-hybridized carbons (Fsp3) is 0.353. The number of aromatic nitrogens is 2. The van der Waals surface area contributed by atoms with Gasteiger partial charge in [0.15, 0.2) is 0 Å². The number of anilines is 1. The van der Waals surface area contributed by atoms with E-state index < -0.39 is 0 Å². The Hall–Kier alpha value is -4.30. The van der Waals surface area contributed by atoms with E-state index in [1.807, 2.05) is 54.7 Å². The molecular weight excluding hydrogens is 526 g/mol. The van der Waals surface area contributed by atoms with E-state index in [-0.39, 0.29) is 18.4 Å². The summed E-state index contributed by atoms with van der Waals surface area (Å²) in [4.78, 5) is 31.8. The first-order chi connectivity index (χ1) is 20.4. The third kappa shape index (κ3) is 5.11. The van der Waals surface area contributed by atoms with Crippen molar-refractivity contribution in [1.29, 1.82) is 0 Å². The van der Waals surface area contributed by atoms with Crippen LogP contribution in [0.15, 0.2) is 66.9 Å². The van der Waals surface area contributed by atoms with Crippen molar-refractivity contribution in [2.45, 2.75) is 52.2 Å². The van der Waals surface area contributed by atoms with Gasteiger partial charge in [0, 0.05) is 48.0 Å². The van der Waals surface area contributed by atoms with Crippen LogP contribution in [0.2, 0.25) is 0 Å². The third-order valence-electron chi connectivity index (χ3n) is 8.87. The van der Waals surface area contributed by atoms with E-state index in [0.717, 1.165) is 47.0 Å². The van der Waals surface area contributed by atoms with Crippen LogP contribution in [0, 0.1) is 13.8 Å². The number of nitrogens with zero attached hydrogens (tertiary/aromatic N) is 4. The molecule has 1 N–H and O–H groups in total. The van der Waals surface area contributed by atoms with Crippen molar-refractivity contribution in [3.63, 3.8) is 0 Å². The van der Waals surface area contributed by atoms with Crippen molar-refractivity contribution < 1.29 is 14.3 Å². The Labute approximate surface area is 247 Å². The lowest BCUT2D eigenvalue weighted by atomic mass is 10.1. The van der Waals surface area contributed by atoms with Crippen molar-refractivity contribution in [3.05, 3.63) is 101 Å². The van der Waals surface area contributed by atoms with Crippen molar-refractivity contribution >= 4 is 17.5 Å². The number of amides is 2. The Morgan fingerprint density at radius 3 is 2.50 bits per heavy atom. The fourth-order valence-corrected chi connectivity index (χ4v) is 6.53. The van der Waals surface area contributed by atoms with Crippen molar-refractivity contribution in [3.8, 4) is 11.4 Å². The minimum atomic E-state index is -0.140. The molecule has 0 spiro atoms. The first-order valence-corrected chi connectivity index (χ1v) is 14.7. The predicted octanol–water partition coefficient (Wildman–Crippen LogP) is 5.33. The van der Waals surface area contributed by atoms with Gasteiger partial charge in [0.1, 0.15) is 5.75 Å². The predicted molar refractivity (Wildman–Crippen MR) is 165 cm³/mol. The zero-order valence-corrected chi connectivity index (χ0v) is 24.9. The second-order valence-corrected chi connectivity index (χ2v) is 11.5. The second-order valence-electron chi connectivity index (χ2n) is 11.5. The first-order valence-electron chi connectivity index (χ1n) is 14.7. The zero-order valence-electron chi connectivity index (χ0n) is 24.9. The maximum Gasteiger partial charge on any atom is 0.258 e. The molecule has 1 atom stereocenters. The lowest BCUT2D eigenvalue weighted by Gasteiger charge is -2.24. The minimum Gasteiger partial charge on any atom is -0.495 e. The van der Waals surface area contributed by atoms with Crippen LogP contribution in [0.25, 0.3) is 5.69 Å². The van der Waals surface area contributed by atoms with Crippen LogP contribution >= 0.6 is 0 Å². The molecule has 0 bridgehead atoms. The molecule has 2 aliphatic rings. The van der Waals surface area contributed by atoms with Crippen LogP contribution in [-0.4, -0.2) is 59.1 Å². The highest BCUT2D eigenvalue weighted by molar-refractivity contribution is 6.07. The van der Waals surface area contributed by atoms with Gasteiger partial charge in [0.2, 0.25) is 0 Å². The first kappa shape index (κ1) is 27.8. The number of fused-ring (bicyclic) bond motifs is 2. The molecule has 218 valence electrons. The molecule has 2 aromatic carbocycles. The summed E-state index contributed by atoms with van der Waals surface area (Å²) in [6, 6.07) is 20.1. The van der Waals surface area contributed by atoms with Crippen molar-refractivity contribution in [2.75, 3.05) is 32.1 Å². The molecule has 4 heterocycles. The Balaban J connectivity index is 1.29. The van der Waals surface area contributed by atoms with Crippen molar-refractivity contribution in [2.24, 2.45) is 0 Å². The quantitative estimate of drug-likeness (QED) is 0.329. The molecule has 0 aliphatic carbocycles. The van der Waals surface area contributed by atoms with Crippen LogP contribution in [-0.2, 0) is 13.1 Å². The standard InChI is InChI=1S/C34H39N5O3/c1-23-11-12-24(2)39(23)30-14-13-25(20-32(30)42-4)34(41)38-22-31-28(33(40)35-17-15-27-9-7-18-36(27)3)16-19-37(31)21-26-8-5-6-10-29(26)38/h5-6,8,10-14,16,19-20,27H,7,9,15,17-18,21-22H2,1-4H3,(H,35,40). The molecule has 2 aliphatic heterocycles. The summed E-state index contributed by atoms with van der Waals surface area (Å²) in [5, 5.41) is 3.14. The highest BCUT2D eigenvalue weighted by Crippen LogP contribution is 2.33. The average Bonchev–Trinajstić information content (AvgIpc) is 3.66. The number of benzene rings is 2. The van der Waals surface area contributed by atoms with E-state index in [2.05, 4.69) is 52.4 Å². The van der Waals surface area contributed by atoms with Crippen molar-refractivity contribution in [1.82, 2.24) is 19.4 Å². The number of hydrogen-bond acceptors (Lipinski definition) is 4. The Morgan fingerprint density at radius 2 is 1.76 bits per heavy atom. The van der Waals surface area contributed by atoms with E-state index in [9.17, 15) is 9.59 Å². The molecule has 6 rings (SSSR count). The van der Waals surface area contributed by atoms with Gasteiger partial charge in [0.25, 0.3) is 11.8 Å². The molecule has 1 saturated heterocycles. The topological polar surface area (TPSA) is 71.7 Å². The van der Waals surface area contributed by atoms with E-state index in [0.29, 0.717) is 36.0 Å². The number of aryl methyl sites for hydroxylation is 2. The Morgan fingerprint density at radius 1 is 0.976 bits per heavy atom. The summed E-state index contributed by atoms with van der Waals surface area (Å²) in [6.07, 6.45) is 5.29. The maximum absolute atomic E-state index is 14.2. The van der Waals surface area contributed by atoms with Gasteiger partial charge in [-0.1, -0.05) is 18.2 Å². The van der Waals surface area contributed by atoms with Crippen LogP contribution in [0.5, 0.6) is 5.75 Å². The maximum atomic E-state index is 14.2. The van der Waals surface area contributed by atoms with E-state index in [1.54, 1.807) is 12.0 Å². The number of likely N-dealkylation sites (tertiary alicyclic amines) is 1. The van der Waals surface area contributed by atoms with Gasteiger partial charge in [-0.2, -0.15) is 0 Å². The molecule has 4 aromatic rings. The van der Waals surface area contributed by atoms with Gasteiger partial charge in [-0.15, -0.1) is 0 Å². The molecular formula is C34H39N5O3. The molecule has 8 nitrogen and oxygen atoms in total. The molecule has 42 heavy (non-hydrogen) atoms. The number of para-hydroxylation sites is 1. The summed E-state index contributed by atoms with van der Waals surface area (Å²) in [6.45, 7) is 6.73. The minimum absolute atomic E-state index is 0.0914. The number of carbonyl (C=O) groups excluding carboxylic acids is 2. The summed E-state index contributed by atoms with van der Waals surface area (Å²) < 4.78 is 9.99. The lowest BCUT2D eigenvalue weighted by Crippen LogP contribution is -2.33. The van der Waals surface area contributed by atoms with E-state index in [4.69, 9.17) is 4.74 Å². The molecule has 2 amide bonds. The van der Waals surface area contributed by atoms with E-state index >= 15 is 0 Å². The van der Waals surface area contributed by atoms with Crippen LogP contribution in [0.1, 0.15) is 62.6 Å². The summed E-state index contributed by atoms with van der Waals surface area (Å²) in [5.41, 5.74) is 6.92. The smallest absolute Gasteiger partial charge is 0.258 e. The monoisotopic (exact) mass is 565 g/mol. The van der Waals surface area contributed by atoms with Gasteiger partial charge in [0.05, 0.1) is 30.6 Å². The molecule has 1 fully saturated rings. The van der Waals surface area contributed by atoms with Gasteiger partial charge < -0.3 is 29.0 Å². The molecule has 0 saturated carbocycles. The average molecular weight is 566 g/mol. The number of carbonyl (C=O) groups is 2. The summed E-state index contributed by atoms with van der Waals surface area (Å²) >= 11 is 0. The largest absolute Gasteiger partial charge is 0.495 e. The molecule has 8 heteroatoms. The number of rotatable bonds is 7. The number of hydrogen-bond donors (Lipinski definition) is 1. The number of ether oxygens (including phenoxy) is 1. The second kappa shape index (κ2) is 11.5.